The van der Waals surface area contributed by atoms with E-state index >= 15 is 0 Å². The highest BCUT2D eigenvalue weighted by molar-refractivity contribution is 5.92. The van der Waals surface area contributed by atoms with Crippen LogP contribution in [0.25, 0.3) is 11.0 Å². The van der Waals surface area contributed by atoms with E-state index in [1.54, 1.807) is 6.26 Å². The molecule has 2 saturated heterocycles. The maximum atomic E-state index is 12.7. The molecule has 1 N–H and O–H groups in total. The monoisotopic (exact) mass is 343 g/mol. The number of anilines is 1. The molecule has 1 aromatic carbocycles. The summed E-state index contributed by atoms with van der Waals surface area (Å²) in [6.07, 6.45) is 3.86. The molecule has 2 amide bonds. The highest BCUT2D eigenvalue weighted by atomic mass is 16.5. The smallest absolute Gasteiger partial charge is 0.322 e. The van der Waals surface area contributed by atoms with Crippen molar-refractivity contribution < 1.29 is 13.9 Å². The Kier molecular flexibility index (Phi) is 4.63. The van der Waals surface area contributed by atoms with E-state index < -0.39 is 0 Å². The number of hydrogen-bond acceptors (Lipinski definition) is 4. The van der Waals surface area contributed by atoms with Crippen LogP contribution in [0.5, 0.6) is 0 Å². The quantitative estimate of drug-likeness (QED) is 0.910. The van der Waals surface area contributed by atoms with Crippen molar-refractivity contribution in [2.45, 2.75) is 31.8 Å². The number of hydrogen-bond donors (Lipinski definition) is 1. The highest BCUT2D eigenvalue weighted by Gasteiger charge is 2.31. The van der Waals surface area contributed by atoms with Crippen molar-refractivity contribution in [3.8, 4) is 0 Å². The van der Waals surface area contributed by atoms with Gasteiger partial charge in [0.05, 0.1) is 6.26 Å². The second-order valence-corrected chi connectivity index (χ2v) is 6.98. The van der Waals surface area contributed by atoms with Gasteiger partial charge in [0.1, 0.15) is 5.58 Å². The molecule has 2 aromatic rings. The van der Waals surface area contributed by atoms with Crippen molar-refractivity contribution in [3.63, 3.8) is 0 Å². The topological polar surface area (TPSA) is 58.0 Å². The van der Waals surface area contributed by atoms with E-state index in [2.05, 4.69) is 17.1 Å². The van der Waals surface area contributed by atoms with Crippen molar-refractivity contribution in [2.75, 3.05) is 38.2 Å². The Morgan fingerprint density at radius 1 is 1.20 bits per heavy atom. The summed E-state index contributed by atoms with van der Waals surface area (Å²) in [6.45, 7) is 6.45. The number of fused-ring (bicyclic) bond motifs is 1. The highest BCUT2D eigenvalue weighted by Crippen LogP contribution is 2.22. The van der Waals surface area contributed by atoms with Crippen molar-refractivity contribution in [1.82, 2.24) is 9.80 Å². The average Bonchev–Trinajstić information content (AvgIpc) is 3.10. The van der Waals surface area contributed by atoms with E-state index in [0.717, 1.165) is 62.3 Å². The zero-order valence-corrected chi connectivity index (χ0v) is 14.6. The van der Waals surface area contributed by atoms with Gasteiger partial charge in [-0.15, -0.1) is 0 Å². The lowest BCUT2D eigenvalue weighted by Gasteiger charge is -2.44. The Morgan fingerprint density at radius 3 is 2.84 bits per heavy atom. The third kappa shape index (κ3) is 3.50. The maximum Gasteiger partial charge on any atom is 0.322 e. The standard InChI is InChI=1S/C19H25N3O3/c1-14-13-21(17-5-9-24-10-6-17)7-8-22(14)19(23)20-16-3-2-15-4-11-25-18(15)12-16/h2-4,11-12,14,17H,5-10,13H2,1H3,(H,20,23)/t14-/m1/s1. The first-order valence-electron chi connectivity index (χ1n) is 9.07. The van der Waals surface area contributed by atoms with Gasteiger partial charge in [0.25, 0.3) is 0 Å². The molecule has 0 radical (unpaired) electrons. The number of rotatable bonds is 2. The van der Waals surface area contributed by atoms with E-state index in [0.29, 0.717) is 6.04 Å². The predicted molar refractivity (Wildman–Crippen MR) is 96.8 cm³/mol. The fraction of sp³-hybridized carbons (Fsp3) is 0.526. The summed E-state index contributed by atoms with van der Waals surface area (Å²) in [5.74, 6) is 0. The molecule has 1 atom stereocenters. The molecule has 2 fully saturated rings. The van der Waals surface area contributed by atoms with E-state index in [1.165, 1.54) is 0 Å². The Hall–Kier alpha value is -2.05. The molecule has 6 heteroatoms. The van der Waals surface area contributed by atoms with Gasteiger partial charge in [-0.2, -0.15) is 0 Å². The number of amides is 2. The number of carbonyl (C=O) groups excluding carboxylic acids is 1. The SMILES string of the molecule is C[C@@H]1CN(C2CCOCC2)CCN1C(=O)Nc1ccc2ccoc2c1. The van der Waals surface area contributed by atoms with Crippen LogP contribution in [0.15, 0.2) is 34.9 Å². The van der Waals surface area contributed by atoms with Crippen LogP contribution in [0.4, 0.5) is 10.5 Å². The Morgan fingerprint density at radius 2 is 2.04 bits per heavy atom. The number of piperazine rings is 1. The number of nitrogens with one attached hydrogen (secondary N) is 1. The molecule has 3 heterocycles. The number of ether oxygens (including phenoxy) is 1. The Balaban J connectivity index is 1.37. The van der Waals surface area contributed by atoms with Crippen LogP contribution < -0.4 is 5.32 Å². The zero-order chi connectivity index (χ0) is 17.2. The third-order valence-corrected chi connectivity index (χ3v) is 5.33. The predicted octanol–water partition coefficient (Wildman–Crippen LogP) is 3.15. The van der Waals surface area contributed by atoms with Crippen molar-refractivity contribution in [3.05, 3.63) is 30.5 Å². The van der Waals surface area contributed by atoms with Gasteiger partial charge in [0.2, 0.25) is 0 Å². The summed E-state index contributed by atoms with van der Waals surface area (Å²) in [4.78, 5) is 17.1. The number of furan rings is 1. The normalized spacial score (nSPS) is 23.1. The second kappa shape index (κ2) is 7.06. The van der Waals surface area contributed by atoms with Gasteiger partial charge >= 0.3 is 6.03 Å². The van der Waals surface area contributed by atoms with Crippen LogP contribution in [0.1, 0.15) is 19.8 Å². The molecule has 4 rings (SSSR count). The van der Waals surface area contributed by atoms with Gasteiger partial charge in [-0.05, 0) is 38.0 Å². The molecule has 0 spiro atoms. The van der Waals surface area contributed by atoms with Crippen LogP contribution >= 0.6 is 0 Å². The molecule has 0 bridgehead atoms. The summed E-state index contributed by atoms with van der Waals surface area (Å²) in [5.41, 5.74) is 1.56. The van der Waals surface area contributed by atoms with Gasteiger partial charge in [0.15, 0.2) is 0 Å². The van der Waals surface area contributed by atoms with Crippen molar-refractivity contribution in [2.24, 2.45) is 0 Å². The lowest BCUT2D eigenvalue weighted by Crippen LogP contribution is -2.58. The largest absolute Gasteiger partial charge is 0.464 e. The summed E-state index contributed by atoms with van der Waals surface area (Å²) < 4.78 is 10.9. The van der Waals surface area contributed by atoms with Crippen LogP contribution in [-0.4, -0.2) is 60.8 Å². The van der Waals surface area contributed by atoms with E-state index in [-0.39, 0.29) is 12.1 Å². The number of carbonyl (C=O) groups is 1. The minimum Gasteiger partial charge on any atom is -0.464 e. The number of benzene rings is 1. The average molecular weight is 343 g/mol. The molecule has 134 valence electrons. The summed E-state index contributed by atoms with van der Waals surface area (Å²) >= 11 is 0. The van der Waals surface area contributed by atoms with Crippen molar-refractivity contribution in [1.29, 1.82) is 0 Å². The minimum absolute atomic E-state index is 0.0370. The molecule has 2 aliphatic rings. The maximum absolute atomic E-state index is 12.7. The molecular formula is C19H25N3O3. The van der Waals surface area contributed by atoms with E-state index in [1.807, 2.05) is 29.2 Å². The first kappa shape index (κ1) is 16.4. The van der Waals surface area contributed by atoms with Gasteiger partial charge in [-0.1, -0.05) is 0 Å². The summed E-state index contributed by atoms with van der Waals surface area (Å²) in [6, 6.07) is 8.42. The van der Waals surface area contributed by atoms with Crippen LogP contribution in [0.3, 0.4) is 0 Å². The van der Waals surface area contributed by atoms with Crippen LogP contribution in [-0.2, 0) is 4.74 Å². The molecule has 1 aromatic heterocycles. The number of nitrogens with zero attached hydrogens (tertiary/aromatic N) is 2. The van der Waals surface area contributed by atoms with Gasteiger partial charge in [-0.3, -0.25) is 4.90 Å². The molecule has 6 nitrogen and oxygen atoms in total. The fourth-order valence-corrected chi connectivity index (χ4v) is 3.90. The summed E-state index contributed by atoms with van der Waals surface area (Å²) in [7, 11) is 0. The Bertz CT molecular complexity index is 738. The lowest BCUT2D eigenvalue weighted by molar-refractivity contribution is 0.00816. The third-order valence-electron chi connectivity index (χ3n) is 5.33. The molecule has 25 heavy (non-hydrogen) atoms. The van der Waals surface area contributed by atoms with E-state index in [9.17, 15) is 4.79 Å². The first-order valence-corrected chi connectivity index (χ1v) is 9.07. The van der Waals surface area contributed by atoms with Crippen molar-refractivity contribution >= 4 is 22.7 Å². The molecule has 2 aliphatic heterocycles. The fourth-order valence-electron chi connectivity index (χ4n) is 3.90. The molecule has 0 saturated carbocycles. The molecule has 0 unspecified atom stereocenters. The zero-order valence-electron chi connectivity index (χ0n) is 14.6. The second-order valence-electron chi connectivity index (χ2n) is 6.98. The molecule has 0 aliphatic carbocycles. The number of urea groups is 1. The van der Waals surface area contributed by atoms with Crippen LogP contribution in [0.2, 0.25) is 0 Å². The van der Waals surface area contributed by atoms with Gasteiger partial charge < -0.3 is 19.4 Å². The summed E-state index contributed by atoms with van der Waals surface area (Å²) in [5, 5.41) is 4.05. The Labute approximate surface area is 147 Å². The lowest BCUT2D eigenvalue weighted by atomic mass is 10.0. The van der Waals surface area contributed by atoms with Crippen LogP contribution in [0, 0.1) is 0 Å². The van der Waals surface area contributed by atoms with Gasteiger partial charge in [0, 0.05) is 62.1 Å². The molecular weight excluding hydrogens is 318 g/mol. The van der Waals surface area contributed by atoms with E-state index in [4.69, 9.17) is 9.15 Å². The first-order chi connectivity index (χ1) is 12.2. The van der Waals surface area contributed by atoms with Gasteiger partial charge in [-0.25, -0.2) is 4.79 Å². The minimum atomic E-state index is -0.0370.